The molecule has 0 aliphatic heterocycles. The van der Waals surface area contributed by atoms with Gasteiger partial charge in [-0.15, -0.1) is 0 Å². The zero-order valence-electron chi connectivity index (χ0n) is 13.6. The van der Waals surface area contributed by atoms with Crippen LogP contribution in [-0.4, -0.2) is 41.0 Å². The Kier molecular flexibility index (Phi) is 6.67. The number of nitrogens with zero attached hydrogens (tertiary/aromatic N) is 1. The number of pyridine rings is 1. The summed E-state index contributed by atoms with van der Waals surface area (Å²) in [6.45, 7) is -0.221. The van der Waals surface area contributed by atoms with Crippen molar-refractivity contribution in [2.24, 2.45) is 0 Å². The summed E-state index contributed by atoms with van der Waals surface area (Å²) in [5.74, 6) is -0.697. The molecule has 2 aromatic rings. The summed E-state index contributed by atoms with van der Waals surface area (Å²) < 4.78 is 23.2. The Bertz CT molecular complexity index is 699. The highest BCUT2D eigenvalue weighted by atomic mass is 19.1. The third kappa shape index (κ3) is 5.40. The number of alkyl carbamates (subject to hydrolysis) is 1. The minimum absolute atomic E-state index is 0.0143. The molecule has 2 unspecified atom stereocenters. The quantitative estimate of drug-likeness (QED) is 0.700. The molecule has 8 heteroatoms. The van der Waals surface area contributed by atoms with Crippen molar-refractivity contribution >= 4 is 6.09 Å². The number of methoxy groups -OCH3 is 1. The van der Waals surface area contributed by atoms with Crippen LogP contribution in [0.1, 0.15) is 17.2 Å². The van der Waals surface area contributed by atoms with E-state index < -0.39 is 24.1 Å². The second kappa shape index (κ2) is 8.95. The molecule has 1 aromatic carbocycles. The van der Waals surface area contributed by atoms with Gasteiger partial charge in [0.2, 0.25) is 5.88 Å². The molecular weight excluding hydrogens is 331 g/mol. The first kappa shape index (κ1) is 18.6. The number of benzene rings is 1. The van der Waals surface area contributed by atoms with E-state index in [1.807, 2.05) is 18.2 Å². The van der Waals surface area contributed by atoms with Gasteiger partial charge >= 0.3 is 6.09 Å². The third-order valence-corrected chi connectivity index (χ3v) is 3.39. The summed E-state index contributed by atoms with van der Waals surface area (Å²) >= 11 is 0. The number of amides is 1. The highest BCUT2D eigenvalue weighted by Crippen LogP contribution is 2.25. The smallest absolute Gasteiger partial charge is 0.407 e. The van der Waals surface area contributed by atoms with Gasteiger partial charge in [-0.3, -0.25) is 0 Å². The Labute approximate surface area is 144 Å². The number of aromatic nitrogens is 1. The molecule has 1 heterocycles. The van der Waals surface area contributed by atoms with Crippen LogP contribution in [0.3, 0.4) is 0 Å². The van der Waals surface area contributed by atoms with E-state index in [4.69, 9.17) is 9.47 Å². The average Bonchev–Trinajstić information content (AvgIpc) is 2.64. The predicted octanol–water partition coefficient (Wildman–Crippen LogP) is 1.55. The third-order valence-electron chi connectivity index (χ3n) is 3.39. The molecule has 0 fully saturated rings. The van der Waals surface area contributed by atoms with Crippen LogP contribution >= 0.6 is 0 Å². The molecule has 0 aliphatic rings. The van der Waals surface area contributed by atoms with Crippen LogP contribution in [0, 0.1) is 5.82 Å². The molecule has 7 nitrogen and oxygen atoms in total. The van der Waals surface area contributed by atoms with Crippen LogP contribution in [0.15, 0.2) is 42.6 Å². The molecule has 25 heavy (non-hydrogen) atoms. The zero-order valence-corrected chi connectivity index (χ0v) is 13.6. The summed E-state index contributed by atoms with van der Waals surface area (Å²) in [4.78, 5) is 15.3. The van der Waals surface area contributed by atoms with Gasteiger partial charge in [0, 0.05) is 12.1 Å². The van der Waals surface area contributed by atoms with Crippen molar-refractivity contribution in [3.63, 3.8) is 0 Å². The first-order valence-corrected chi connectivity index (χ1v) is 7.51. The molecule has 0 spiro atoms. The average molecular weight is 350 g/mol. The Balaban J connectivity index is 1.86. The van der Waals surface area contributed by atoms with Gasteiger partial charge in [0.15, 0.2) is 0 Å². The lowest BCUT2D eigenvalue weighted by molar-refractivity contribution is 0.0166. The van der Waals surface area contributed by atoms with Crippen molar-refractivity contribution in [3.8, 4) is 5.88 Å². The molecule has 0 radical (unpaired) electrons. The number of carbonyl (C=O) groups is 1. The van der Waals surface area contributed by atoms with E-state index in [0.29, 0.717) is 0 Å². The van der Waals surface area contributed by atoms with Gasteiger partial charge in [-0.2, -0.15) is 0 Å². The van der Waals surface area contributed by atoms with E-state index in [1.165, 1.54) is 7.11 Å². The summed E-state index contributed by atoms with van der Waals surface area (Å²) in [6, 6.07) is 10.1. The number of carbonyl (C=O) groups excluding carboxylic acids is 1. The second-order valence-electron chi connectivity index (χ2n) is 5.21. The van der Waals surface area contributed by atoms with Gasteiger partial charge in [0.25, 0.3) is 0 Å². The monoisotopic (exact) mass is 350 g/mol. The van der Waals surface area contributed by atoms with Gasteiger partial charge in [-0.25, -0.2) is 14.2 Å². The summed E-state index contributed by atoms with van der Waals surface area (Å²) in [6.07, 6.45) is -2.71. The van der Waals surface area contributed by atoms with Gasteiger partial charge in [-0.1, -0.05) is 30.3 Å². The summed E-state index contributed by atoms with van der Waals surface area (Å²) in [7, 11) is 1.31. The number of hydrogen-bond donors (Lipinski definition) is 3. The molecule has 3 N–H and O–H groups in total. The van der Waals surface area contributed by atoms with E-state index in [-0.39, 0.29) is 24.6 Å². The van der Waals surface area contributed by atoms with Crippen molar-refractivity contribution in [1.29, 1.82) is 0 Å². The predicted molar refractivity (Wildman–Crippen MR) is 86.3 cm³/mol. The van der Waals surface area contributed by atoms with Gasteiger partial charge < -0.3 is 25.0 Å². The molecule has 1 aromatic heterocycles. The maximum atomic E-state index is 13.3. The molecule has 0 saturated carbocycles. The normalized spacial score (nSPS) is 13.0. The van der Waals surface area contributed by atoms with Gasteiger partial charge in [-0.05, 0) is 11.6 Å². The van der Waals surface area contributed by atoms with Crippen molar-refractivity contribution in [3.05, 3.63) is 59.5 Å². The number of hydrogen-bond acceptors (Lipinski definition) is 6. The number of rotatable bonds is 7. The van der Waals surface area contributed by atoms with Gasteiger partial charge in [0.1, 0.15) is 24.6 Å². The topological polar surface area (TPSA) is 101 Å². The molecule has 1 amide bonds. The van der Waals surface area contributed by atoms with E-state index in [1.54, 1.807) is 12.1 Å². The van der Waals surface area contributed by atoms with Crippen molar-refractivity contribution in [2.45, 2.75) is 18.8 Å². The fourth-order valence-electron chi connectivity index (χ4n) is 2.11. The van der Waals surface area contributed by atoms with E-state index in [2.05, 4.69) is 10.3 Å². The molecule has 2 atom stereocenters. The van der Waals surface area contributed by atoms with Crippen LogP contribution in [0.25, 0.3) is 0 Å². The minimum Gasteiger partial charge on any atom is -0.481 e. The Morgan fingerprint density at radius 3 is 2.72 bits per heavy atom. The first-order valence-electron chi connectivity index (χ1n) is 7.51. The molecule has 134 valence electrons. The summed E-state index contributed by atoms with van der Waals surface area (Å²) in [5.41, 5.74) is 0.795. The lowest BCUT2D eigenvalue weighted by Crippen LogP contribution is -2.36. The number of aliphatic hydroxyl groups excluding tert-OH is 2. The minimum atomic E-state index is -1.49. The van der Waals surface area contributed by atoms with Crippen molar-refractivity contribution < 1.29 is 28.9 Å². The highest BCUT2D eigenvalue weighted by Gasteiger charge is 2.24. The standard InChI is InChI=1S/C17H19FN2O5/c1-24-16-13(7-12(18)8-19-16)15(22)14(21)9-20-17(23)25-10-11-5-3-2-4-6-11/h2-8,14-15,21-22H,9-10H2,1H3,(H,20,23). The Hall–Kier alpha value is -2.71. The maximum absolute atomic E-state index is 13.3. The van der Waals surface area contributed by atoms with Crippen LogP contribution in [0.5, 0.6) is 5.88 Å². The largest absolute Gasteiger partial charge is 0.481 e. The number of aliphatic hydroxyl groups is 2. The van der Waals surface area contributed by atoms with Crippen LogP contribution < -0.4 is 10.1 Å². The lowest BCUT2D eigenvalue weighted by Gasteiger charge is -2.20. The van der Waals surface area contributed by atoms with Crippen LogP contribution in [-0.2, 0) is 11.3 Å². The fraction of sp³-hybridized carbons (Fsp3) is 0.294. The molecule has 0 saturated heterocycles. The Morgan fingerprint density at radius 1 is 1.32 bits per heavy atom. The molecular formula is C17H19FN2O5. The molecule has 0 aliphatic carbocycles. The maximum Gasteiger partial charge on any atom is 0.407 e. The number of nitrogens with one attached hydrogen (secondary N) is 1. The lowest BCUT2D eigenvalue weighted by atomic mass is 10.1. The highest BCUT2D eigenvalue weighted by molar-refractivity contribution is 5.67. The first-order chi connectivity index (χ1) is 12.0. The van der Waals surface area contributed by atoms with Crippen LogP contribution in [0.2, 0.25) is 0 Å². The number of halogens is 1. The van der Waals surface area contributed by atoms with Gasteiger partial charge in [0.05, 0.1) is 13.3 Å². The van der Waals surface area contributed by atoms with Crippen molar-refractivity contribution in [1.82, 2.24) is 10.3 Å². The second-order valence-corrected chi connectivity index (χ2v) is 5.21. The van der Waals surface area contributed by atoms with Crippen molar-refractivity contribution in [2.75, 3.05) is 13.7 Å². The van der Waals surface area contributed by atoms with Crippen LogP contribution in [0.4, 0.5) is 9.18 Å². The summed E-state index contributed by atoms with van der Waals surface area (Å²) in [5, 5.41) is 22.4. The molecule has 2 rings (SSSR count). The molecule has 0 bridgehead atoms. The van der Waals surface area contributed by atoms with E-state index in [9.17, 15) is 19.4 Å². The fourth-order valence-corrected chi connectivity index (χ4v) is 2.11. The SMILES string of the molecule is COc1ncc(F)cc1C(O)C(O)CNC(=O)OCc1ccccc1. The van der Waals surface area contributed by atoms with E-state index >= 15 is 0 Å². The zero-order chi connectivity index (χ0) is 18.2. The Morgan fingerprint density at radius 2 is 2.04 bits per heavy atom. The van der Waals surface area contributed by atoms with E-state index in [0.717, 1.165) is 17.8 Å². The number of ether oxygens (including phenoxy) is 2.